The third kappa shape index (κ3) is 5.33. The average molecular weight is 599 g/mol. The number of benzene rings is 4. The number of fused-ring (bicyclic) bond motifs is 7. The van der Waals surface area contributed by atoms with Crippen LogP contribution in [0, 0.1) is 0 Å². The van der Waals surface area contributed by atoms with Crippen LogP contribution in [0.2, 0.25) is 0 Å². The Hall–Kier alpha value is -5.37. The number of carbonyl (C=O) groups excluding carboxylic acids is 3. The molecule has 2 aliphatic rings. The molecule has 3 amide bonds. The highest BCUT2D eigenvalue weighted by molar-refractivity contribution is 6.04. The van der Waals surface area contributed by atoms with E-state index in [0.717, 1.165) is 44.6 Å². The number of aromatic nitrogens is 1. The molecule has 3 unspecified atom stereocenters. The molecule has 8 heteroatoms. The molecule has 226 valence electrons. The van der Waals surface area contributed by atoms with Gasteiger partial charge in [0.1, 0.15) is 17.8 Å². The first-order valence-electron chi connectivity index (χ1n) is 15.3. The Morgan fingerprint density at radius 2 is 1.64 bits per heavy atom. The number of rotatable bonds is 9. The molecular weight excluding hydrogens is 564 g/mol. The van der Waals surface area contributed by atoms with E-state index < -0.39 is 18.1 Å². The van der Waals surface area contributed by atoms with E-state index in [1.807, 2.05) is 103 Å². The van der Waals surface area contributed by atoms with Crippen molar-refractivity contribution in [2.45, 2.75) is 37.4 Å². The second kappa shape index (κ2) is 12.0. The summed E-state index contributed by atoms with van der Waals surface area (Å²) in [6.07, 6.45) is 1.30. The number of aromatic amines is 1. The zero-order valence-electron chi connectivity index (χ0n) is 25.0. The minimum atomic E-state index is -0.821. The molecule has 4 aromatic carbocycles. The number of para-hydroxylation sites is 1. The van der Waals surface area contributed by atoms with Gasteiger partial charge in [-0.1, -0.05) is 78.9 Å². The fourth-order valence-corrected chi connectivity index (χ4v) is 6.71. The summed E-state index contributed by atoms with van der Waals surface area (Å²) in [5, 5.41) is 7.12. The summed E-state index contributed by atoms with van der Waals surface area (Å²) in [4.78, 5) is 47.0. The molecule has 0 spiro atoms. The summed E-state index contributed by atoms with van der Waals surface area (Å²) >= 11 is 0. The van der Waals surface area contributed by atoms with Crippen molar-refractivity contribution in [3.8, 4) is 5.75 Å². The van der Waals surface area contributed by atoms with Gasteiger partial charge >= 0.3 is 0 Å². The van der Waals surface area contributed by atoms with Crippen molar-refractivity contribution in [1.29, 1.82) is 0 Å². The van der Waals surface area contributed by atoms with Gasteiger partial charge in [0.05, 0.1) is 13.2 Å². The van der Waals surface area contributed by atoms with Crippen LogP contribution in [0.15, 0.2) is 103 Å². The van der Waals surface area contributed by atoms with E-state index in [1.54, 1.807) is 12.0 Å². The fraction of sp³-hybridized carbons (Fsp3) is 0.216. The lowest BCUT2D eigenvalue weighted by Gasteiger charge is -2.37. The molecular formula is C37H34N4O4. The maximum Gasteiger partial charge on any atom is 0.255 e. The van der Waals surface area contributed by atoms with Crippen LogP contribution in [0.25, 0.3) is 10.9 Å². The molecule has 0 radical (unpaired) electrons. The normalized spacial score (nSPS) is 17.3. The van der Waals surface area contributed by atoms with Crippen LogP contribution in [0.3, 0.4) is 0 Å². The summed E-state index contributed by atoms with van der Waals surface area (Å²) in [5.41, 5.74) is 6.41. The molecule has 3 heterocycles. The van der Waals surface area contributed by atoms with Crippen molar-refractivity contribution in [2.24, 2.45) is 0 Å². The second-order valence-electron chi connectivity index (χ2n) is 11.6. The summed E-state index contributed by atoms with van der Waals surface area (Å²) in [5.74, 6) is -0.0125. The highest BCUT2D eigenvalue weighted by Gasteiger charge is 2.49. The smallest absolute Gasteiger partial charge is 0.255 e. The largest absolute Gasteiger partial charge is 0.497 e. The summed E-state index contributed by atoms with van der Waals surface area (Å²) in [7, 11) is 1.63. The van der Waals surface area contributed by atoms with Crippen LogP contribution in [-0.2, 0) is 28.9 Å². The number of nitrogens with zero attached hydrogens (tertiary/aromatic N) is 1. The van der Waals surface area contributed by atoms with Crippen molar-refractivity contribution < 1.29 is 19.1 Å². The average Bonchev–Trinajstić information content (AvgIpc) is 3.60. The van der Waals surface area contributed by atoms with E-state index in [2.05, 4.69) is 15.6 Å². The lowest BCUT2D eigenvalue weighted by Crippen LogP contribution is -2.57. The lowest BCUT2D eigenvalue weighted by molar-refractivity contribution is -0.132. The van der Waals surface area contributed by atoms with Crippen LogP contribution in [0.4, 0.5) is 0 Å². The minimum Gasteiger partial charge on any atom is -0.497 e. The van der Waals surface area contributed by atoms with Crippen LogP contribution >= 0.6 is 0 Å². The van der Waals surface area contributed by atoms with Gasteiger partial charge in [0.15, 0.2) is 0 Å². The van der Waals surface area contributed by atoms with Gasteiger partial charge in [0.2, 0.25) is 11.8 Å². The number of hydrogen-bond acceptors (Lipinski definition) is 4. The number of amides is 3. The van der Waals surface area contributed by atoms with Crippen LogP contribution < -0.4 is 15.4 Å². The SMILES string of the molecule is COc1ccc(CCNC(=O)C(Cc2ccccc2)NC(=O)C2Cc3c([nH]c4ccccc34)C3c4ccccc4C(=O)N23)cc1. The zero-order valence-corrected chi connectivity index (χ0v) is 25.0. The monoisotopic (exact) mass is 598 g/mol. The van der Waals surface area contributed by atoms with Crippen LogP contribution in [0.1, 0.15) is 44.3 Å². The van der Waals surface area contributed by atoms with E-state index in [9.17, 15) is 14.4 Å². The van der Waals surface area contributed by atoms with E-state index >= 15 is 0 Å². The standard InChI is InChI=1S/C37H34N4O4/c1-45-25-17-15-23(16-18-25)19-20-38-35(42)31(21-24-9-3-2-4-10-24)40-36(43)32-22-29-26-11-7-8-14-30(26)39-33(29)34-27-12-5-6-13-28(27)37(44)41(32)34/h2-18,31-32,34,39H,19-22H2,1H3,(H,38,42)(H,40,43). The molecule has 5 aromatic rings. The molecule has 0 bridgehead atoms. The van der Waals surface area contributed by atoms with Crippen LogP contribution in [-0.4, -0.2) is 53.3 Å². The number of nitrogens with one attached hydrogen (secondary N) is 3. The number of hydrogen-bond donors (Lipinski definition) is 3. The Kier molecular flexibility index (Phi) is 7.55. The Morgan fingerprint density at radius 1 is 0.911 bits per heavy atom. The van der Waals surface area contributed by atoms with Gasteiger partial charge in [-0.05, 0) is 52.9 Å². The third-order valence-corrected chi connectivity index (χ3v) is 8.94. The maximum absolute atomic E-state index is 14.3. The molecule has 8 nitrogen and oxygen atoms in total. The number of carbonyl (C=O) groups is 3. The summed E-state index contributed by atoms with van der Waals surface area (Å²) < 4.78 is 5.24. The van der Waals surface area contributed by atoms with Crippen molar-refractivity contribution in [2.75, 3.05) is 13.7 Å². The van der Waals surface area contributed by atoms with Gasteiger partial charge in [-0.3, -0.25) is 14.4 Å². The third-order valence-electron chi connectivity index (χ3n) is 8.94. The Balaban J connectivity index is 1.16. The molecule has 0 saturated carbocycles. The fourth-order valence-electron chi connectivity index (χ4n) is 6.71. The quantitative estimate of drug-likeness (QED) is 0.228. The first-order valence-corrected chi connectivity index (χ1v) is 15.3. The van der Waals surface area contributed by atoms with Crippen molar-refractivity contribution in [1.82, 2.24) is 20.5 Å². The molecule has 0 saturated heterocycles. The Bertz CT molecular complexity index is 1880. The van der Waals surface area contributed by atoms with Crippen molar-refractivity contribution >= 4 is 28.6 Å². The highest BCUT2D eigenvalue weighted by Crippen LogP contribution is 2.46. The molecule has 0 aliphatic carbocycles. The topological polar surface area (TPSA) is 104 Å². The number of H-pyrrole nitrogens is 1. The summed E-state index contributed by atoms with van der Waals surface area (Å²) in [6.45, 7) is 0.413. The van der Waals surface area contributed by atoms with E-state index in [-0.39, 0.29) is 17.7 Å². The van der Waals surface area contributed by atoms with Gasteiger partial charge in [-0.25, -0.2) is 0 Å². The first-order chi connectivity index (χ1) is 22.0. The molecule has 3 N–H and O–H groups in total. The van der Waals surface area contributed by atoms with Gasteiger partial charge in [0.25, 0.3) is 5.91 Å². The molecule has 2 aliphatic heterocycles. The first kappa shape index (κ1) is 28.4. The number of ether oxygens (including phenoxy) is 1. The van der Waals surface area contributed by atoms with E-state index in [4.69, 9.17) is 4.74 Å². The second-order valence-corrected chi connectivity index (χ2v) is 11.6. The molecule has 3 atom stereocenters. The molecule has 45 heavy (non-hydrogen) atoms. The van der Waals surface area contributed by atoms with Crippen molar-refractivity contribution in [3.63, 3.8) is 0 Å². The molecule has 1 aromatic heterocycles. The van der Waals surface area contributed by atoms with Gasteiger partial charge < -0.3 is 25.3 Å². The van der Waals surface area contributed by atoms with Gasteiger partial charge in [0, 0.05) is 41.5 Å². The minimum absolute atomic E-state index is 0.177. The Morgan fingerprint density at radius 3 is 2.44 bits per heavy atom. The zero-order chi connectivity index (χ0) is 30.9. The van der Waals surface area contributed by atoms with E-state index in [1.165, 1.54) is 0 Å². The van der Waals surface area contributed by atoms with Crippen molar-refractivity contribution in [3.05, 3.63) is 137 Å². The maximum atomic E-state index is 14.3. The predicted molar refractivity (Wildman–Crippen MR) is 172 cm³/mol. The predicted octanol–water partition coefficient (Wildman–Crippen LogP) is 4.73. The van der Waals surface area contributed by atoms with Gasteiger partial charge in [-0.15, -0.1) is 0 Å². The Labute approximate surface area is 261 Å². The van der Waals surface area contributed by atoms with Gasteiger partial charge in [-0.2, -0.15) is 0 Å². The van der Waals surface area contributed by atoms with E-state index in [0.29, 0.717) is 31.4 Å². The molecule has 7 rings (SSSR count). The van der Waals surface area contributed by atoms with Crippen LogP contribution in [0.5, 0.6) is 5.75 Å². The number of methoxy groups -OCH3 is 1. The molecule has 0 fully saturated rings. The highest BCUT2D eigenvalue weighted by atomic mass is 16.5. The lowest BCUT2D eigenvalue weighted by atomic mass is 9.89. The summed E-state index contributed by atoms with van der Waals surface area (Å²) in [6, 6.07) is 30.9.